The van der Waals surface area contributed by atoms with Crippen molar-refractivity contribution in [3.8, 4) is 6.07 Å². The lowest BCUT2D eigenvalue weighted by molar-refractivity contribution is 0.103. The average molecular weight is 496 g/mol. The van der Waals surface area contributed by atoms with E-state index in [1.54, 1.807) is 6.07 Å². The van der Waals surface area contributed by atoms with Crippen molar-refractivity contribution in [2.75, 3.05) is 51.2 Å². The van der Waals surface area contributed by atoms with Crippen LogP contribution in [0.5, 0.6) is 0 Å². The number of H-pyrrole nitrogens is 1. The van der Waals surface area contributed by atoms with Gasteiger partial charge in [-0.1, -0.05) is 26.8 Å². The SMILES string of the molecule is CCc1cc2c(cc1N1CCN(C3CCN(C)CC3)CC1)C(C)(C)c1[nH]c3cc(C#N)ccc3c1C2=O. The van der Waals surface area contributed by atoms with E-state index in [0.29, 0.717) is 11.6 Å². The number of hydrogen-bond donors (Lipinski definition) is 1. The lowest BCUT2D eigenvalue weighted by atomic mass is 9.70. The molecule has 6 rings (SSSR count). The number of fused-ring (bicyclic) bond motifs is 4. The number of aryl methyl sites for hydroxylation is 1. The minimum Gasteiger partial charge on any atom is -0.369 e. The van der Waals surface area contributed by atoms with Gasteiger partial charge < -0.3 is 14.8 Å². The van der Waals surface area contributed by atoms with Crippen LogP contribution in [0.1, 0.15) is 71.9 Å². The number of likely N-dealkylation sites (tertiary alicyclic amines) is 1. The number of benzene rings is 2. The summed E-state index contributed by atoms with van der Waals surface area (Å²) in [5.74, 6) is 0.0913. The van der Waals surface area contributed by atoms with Crippen molar-refractivity contribution in [1.29, 1.82) is 5.26 Å². The van der Waals surface area contributed by atoms with Crippen LogP contribution in [0.15, 0.2) is 30.3 Å². The minimum absolute atomic E-state index is 0.0913. The first kappa shape index (κ1) is 24.2. The van der Waals surface area contributed by atoms with Crippen LogP contribution in [0.3, 0.4) is 0 Å². The largest absolute Gasteiger partial charge is 0.369 e. The van der Waals surface area contributed by atoms with Gasteiger partial charge in [0.15, 0.2) is 5.78 Å². The third kappa shape index (κ3) is 3.88. The maximum atomic E-state index is 13.9. The van der Waals surface area contributed by atoms with E-state index in [9.17, 15) is 10.1 Å². The normalized spacial score (nSPS) is 20.6. The Kier molecular flexibility index (Phi) is 5.89. The van der Waals surface area contributed by atoms with E-state index in [1.807, 2.05) is 12.1 Å². The van der Waals surface area contributed by atoms with Crippen LogP contribution in [-0.4, -0.2) is 72.9 Å². The molecule has 3 heterocycles. The number of piperidine rings is 1. The molecule has 192 valence electrons. The number of anilines is 1. The van der Waals surface area contributed by atoms with Crippen LogP contribution >= 0.6 is 0 Å². The van der Waals surface area contributed by atoms with Crippen molar-refractivity contribution in [3.63, 3.8) is 0 Å². The van der Waals surface area contributed by atoms with Gasteiger partial charge in [-0.25, -0.2) is 0 Å². The second-order valence-corrected chi connectivity index (χ2v) is 11.6. The Hall–Kier alpha value is -3.14. The zero-order valence-corrected chi connectivity index (χ0v) is 22.5. The summed E-state index contributed by atoms with van der Waals surface area (Å²) in [6.45, 7) is 13.3. The predicted octanol–water partition coefficient (Wildman–Crippen LogP) is 4.69. The van der Waals surface area contributed by atoms with Crippen molar-refractivity contribution >= 4 is 22.4 Å². The average Bonchev–Trinajstić information content (AvgIpc) is 3.32. The van der Waals surface area contributed by atoms with E-state index in [1.165, 1.54) is 37.2 Å². The molecule has 0 spiro atoms. The second-order valence-electron chi connectivity index (χ2n) is 11.6. The van der Waals surface area contributed by atoms with Crippen LogP contribution in [0.2, 0.25) is 0 Å². The zero-order valence-electron chi connectivity index (χ0n) is 22.5. The number of rotatable bonds is 3. The van der Waals surface area contributed by atoms with Crippen LogP contribution in [0, 0.1) is 11.3 Å². The fraction of sp³-hybridized carbons (Fsp3) is 0.484. The number of carbonyl (C=O) groups is 1. The second kappa shape index (κ2) is 9.01. The molecule has 1 N–H and O–H groups in total. The van der Waals surface area contributed by atoms with Crippen LogP contribution in [-0.2, 0) is 11.8 Å². The highest BCUT2D eigenvalue weighted by Crippen LogP contribution is 2.45. The van der Waals surface area contributed by atoms with Crippen molar-refractivity contribution < 1.29 is 4.79 Å². The van der Waals surface area contributed by atoms with Gasteiger partial charge in [-0.2, -0.15) is 5.26 Å². The number of nitrogens with zero attached hydrogens (tertiary/aromatic N) is 4. The molecule has 1 aromatic heterocycles. The number of nitriles is 1. The number of ketones is 1. The summed E-state index contributed by atoms with van der Waals surface area (Å²) in [5, 5.41) is 10.3. The molecule has 2 fully saturated rings. The number of aromatic amines is 1. The van der Waals surface area contributed by atoms with Gasteiger partial charge in [0.2, 0.25) is 0 Å². The number of nitrogens with one attached hydrogen (secondary N) is 1. The smallest absolute Gasteiger partial charge is 0.195 e. The first-order valence-corrected chi connectivity index (χ1v) is 13.8. The molecular weight excluding hydrogens is 458 g/mol. The molecule has 2 aromatic carbocycles. The van der Waals surface area contributed by atoms with E-state index in [2.05, 4.69) is 65.7 Å². The van der Waals surface area contributed by atoms with E-state index in [-0.39, 0.29) is 11.2 Å². The van der Waals surface area contributed by atoms with E-state index >= 15 is 0 Å². The number of hydrogen-bond acceptors (Lipinski definition) is 5. The topological polar surface area (TPSA) is 66.4 Å². The molecule has 6 nitrogen and oxygen atoms in total. The molecule has 1 aliphatic carbocycles. The third-order valence-electron chi connectivity index (χ3n) is 9.16. The summed E-state index contributed by atoms with van der Waals surface area (Å²) in [7, 11) is 2.23. The molecular formula is C31H37N5O. The Bertz CT molecular complexity index is 1410. The summed E-state index contributed by atoms with van der Waals surface area (Å²) in [6, 6.07) is 13.0. The number of carbonyl (C=O) groups excluding carboxylic acids is 1. The first-order chi connectivity index (χ1) is 17.8. The Morgan fingerprint density at radius 3 is 2.46 bits per heavy atom. The summed E-state index contributed by atoms with van der Waals surface area (Å²) >= 11 is 0. The maximum Gasteiger partial charge on any atom is 0.195 e. The summed E-state index contributed by atoms with van der Waals surface area (Å²) in [6.07, 6.45) is 3.45. The lowest BCUT2D eigenvalue weighted by Gasteiger charge is -2.43. The number of piperazine rings is 1. The van der Waals surface area contributed by atoms with Gasteiger partial charge in [0.05, 0.1) is 17.2 Å². The Morgan fingerprint density at radius 2 is 1.78 bits per heavy atom. The lowest BCUT2D eigenvalue weighted by Crippen LogP contribution is -2.53. The molecule has 0 bridgehead atoms. The Morgan fingerprint density at radius 1 is 1.05 bits per heavy atom. The van der Waals surface area contributed by atoms with Crippen LogP contribution in [0.4, 0.5) is 5.69 Å². The molecule has 0 atom stereocenters. The van der Waals surface area contributed by atoms with Crippen molar-refractivity contribution in [3.05, 3.63) is 63.8 Å². The highest BCUT2D eigenvalue weighted by atomic mass is 16.1. The molecule has 0 amide bonds. The van der Waals surface area contributed by atoms with Gasteiger partial charge in [0.25, 0.3) is 0 Å². The standard InChI is InChI=1S/C31H37N5O/c1-5-21-17-24-25(18-27(21)36-14-12-35(13-15-36)22-8-10-34(4)11-9-22)31(2,3)30-28(29(24)37)23-7-6-20(19-32)16-26(23)33-30/h6-7,16-18,22,33H,5,8-15H2,1-4H3. The first-order valence-electron chi connectivity index (χ1n) is 13.8. The van der Waals surface area contributed by atoms with E-state index in [4.69, 9.17) is 0 Å². The van der Waals surface area contributed by atoms with Crippen molar-refractivity contribution in [2.24, 2.45) is 0 Å². The Labute approximate surface area is 219 Å². The van der Waals surface area contributed by atoms with Gasteiger partial charge in [-0.15, -0.1) is 0 Å². The quantitative estimate of drug-likeness (QED) is 0.571. The summed E-state index contributed by atoms with van der Waals surface area (Å²) in [4.78, 5) is 25.1. The van der Waals surface area contributed by atoms with Gasteiger partial charge in [-0.05, 0) is 74.8 Å². The molecule has 3 aliphatic rings. The van der Waals surface area contributed by atoms with Gasteiger partial charge >= 0.3 is 0 Å². The van der Waals surface area contributed by atoms with Crippen LogP contribution in [0.25, 0.3) is 10.9 Å². The van der Waals surface area contributed by atoms with Gasteiger partial charge in [-0.3, -0.25) is 9.69 Å². The molecule has 2 aliphatic heterocycles. The fourth-order valence-corrected chi connectivity index (χ4v) is 6.84. The zero-order chi connectivity index (χ0) is 25.9. The van der Waals surface area contributed by atoms with E-state index in [0.717, 1.165) is 65.9 Å². The van der Waals surface area contributed by atoms with Gasteiger partial charge in [0, 0.05) is 65.5 Å². The highest BCUT2D eigenvalue weighted by molar-refractivity contribution is 6.20. The highest BCUT2D eigenvalue weighted by Gasteiger charge is 2.40. The summed E-state index contributed by atoms with van der Waals surface area (Å²) < 4.78 is 0. The molecule has 6 heteroatoms. The van der Waals surface area contributed by atoms with Crippen LogP contribution < -0.4 is 4.90 Å². The minimum atomic E-state index is -0.346. The Balaban J connectivity index is 1.34. The predicted molar refractivity (Wildman–Crippen MR) is 149 cm³/mol. The summed E-state index contributed by atoms with van der Waals surface area (Å²) in [5.41, 5.74) is 7.30. The maximum absolute atomic E-state index is 13.9. The van der Waals surface area contributed by atoms with E-state index < -0.39 is 0 Å². The van der Waals surface area contributed by atoms with Gasteiger partial charge in [0.1, 0.15) is 0 Å². The molecule has 0 unspecified atom stereocenters. The molecule has 0 radical (unpaired) electrons. The monoisotopic (exact) mass is 495 g/mol. The molecule has 3 aromatic rings. The van der Waals surface area contributed by atoms with Crippen molar-refractivity contribution in [2.45, 2.75) is 51.5 Å². The number of aromatic nitrogens is 1. The molecule has 0 saturated carbocycles. The molecule has 2 saturated heterocycles. The van der Waals surface area contributed by atoms with Crippen molar-refractivity contribution in [1.82, 2.24) is 14.8 Å². The fourth-order valence-electron chi connectivity index (χ4n) is 6.84. The molecule has 37 heavy (non-hydrogen) atoms. The third-order valence-corrected chi connectivity index (χ3v) is 9.16.